The summed E-state index contributed by atoms with van der Waals surface area (Å²) in [5.74, 6) is -0.140. The fourth-order valence-corrected chi connectivity index (χ4v) is 3.50. The number of carbonyl (C=O) groups is 1. The Bertz CT molecular complexity index is 1090. The molecule has 0 spiro atoms. The highest BCUT2D eigenvalue weighted by molar-refractivity contribution is 7.13. The topological polar surface area (TPSA) is 59.8 Å². The smallest absolute Gasteiger partial charge is 0.295 e. The highest BCUT2D eigenvalue weighted by Gasteiger charge is 2.17. The molecule has 27 heavy (non-hydrogen) atoms. The van der Waals surface area contributed by atoms with Gasteiger partial charge in [0.1, 0.15) is 11.6 Å². The van der Waals surface area contributed by atoms with Gasteiger partial charge in [-0.05, 0) is 48.7 Å². The predicted octanol–water partition coefficient (Wildman–Crippen LogP) is 4.70. The molecule has 5 nitrogen and oxygen atoms in total. The van der Waals surface area contributed by atoms with Crippen LogP contribution in [0.15, 0.2) is 66.0 Å². The van der Waals surface area contributed by atoms with Gasteiger partial charge >= 0.3 is 0 Å². The minimum Gasteiger partial charge on any atom is -0.319 e. The Morgan fingerprint density at radius 2 is 1.85 bits per heavy atom. The molecule has 2 aromatic carbocycles. The van der Waals surface area contributed by atoms with Gasteiger partial charge in [0.05, 0.1) is 5.69 Å². The van der Waals surface area contributed by atoms with E-state index in [1.165, 1.54) is 16.8 Å². The summed E-state index contributed by atoms with van der Waals surface area (Å²) in [5, 5.41) is 9.15. The molecule has 0 aliphatic rings. The van der Waals surface area contributed by atoms with E-state index in [4.69, 9.17) is 0 Å². The van der Waals surface area contributed by atoms with Crippen molar-refractivity contribution >= 4 is 22.9 Å². The number of hydrogen-bond acceptors (Lipinski definition) is 4. The largest absolute Gasteiger partial charge is 0.319 e. The number of nitrogens with one attached hydrogen (secondary N) is 1. The van der Waals surface area contributed by atoms with Crippen LogP contribution in [0.3, 0.4) is 0 Å². The van der Waals surface area contributed by atoms with Gasteiger partial charge in [0.2, 0.25) is 5.82 Å². The zero-order chi connectivity index (χ0) is 18.8. The number of nitrogens with zero attached hydrogens (tertiary/aromatic N) is 3. The lowest BCUT2D eigenvalue weighted by Gasteiger charge is -2.08. The molecule has 0 fully saturated rings. The summed E-state index contributed by atoms with van der Waals surface area (Å²) >= 11 is 1.60. The summed E-state index contributed by atoms with van der Waals surface area (Å²) in [6.45, 7) is 1.74. The molecule has 4 aromatic rings. The van der Waals surface area contributed by atoms with Crippen LogP contribution in [0.5, 0.6) is 0 Å². The van der Waals surface area contributed by atoms with Crippen LogP contribution in [-0.2, 0) is 0 Å². The number of anilines is 1. The van der Waals surface area contributed by atoms with E-state index in [2.05, 4.69) is 15.4 Å². The molecule has 134 valence electrons. The van der Waals surface area contributed by atoms with Crippen LogP contribution < -0.4 is 5.32 Å². The van der Waals surface area contributed by atoms with E-state index >= 15 is 0 Å². The first-order chi connectivity index (χ1) is 13.1. The number of amides is 1. The summed E-state index contributed by atoms with van der Waals surface area (Å²) in [4.78, 5) is 18.0. The summed E-state index contributed by atoms with van der Waals surface area (Å²) in [6, 6.07) is 17.4. The van der Waals surface area contributed by atoms with Crippen LogP contribution in [0.1, 0.15) is 16.4 Å². The quantitative estimate of drug-likeness (QED) is 0.560. The number of benzene rings is 2. The molecule has 4 rings (SSSR count). The molecule has 2 heterocycles. The number of carbonyl (C=O) groups excluding carboxylic acids is 1. The molecule has 0 bridgehead atoms. The number of aryl methyl sites for hydroxylation is 1. The van der Waals surface area contributed by atoms with Crippen molar-refractivity contribution in [2.75, 3.05) is 5.32 Å². The molecule has 0 radical (unpaired) electrons. The first-order valence-corrected chi connectivity index (χ1v) is 9.13. The zero-order valence-corrected chi connectivity index (χ0v) is 15.2. The molecule has 0 aliphatic carbocycles. The molecule has 1 amide bonds. The maximum absolute atomic E-state index is 13.1. The molecule has 0 aliphatic heterocycles. The Labute approximate surface area is 159 Å². The summed E-state index contributed by atoms with van der Waals surface area (Å²) < 4.78 is 14.6. The van der Waals surface area contributed by atoms with Crippen LogP contribution in [0, 0.1) is 12.7 Å². The fraction of sp³-hybridized carbons (Fsp3) is 0.0500. The maximum Gasteiger partial charge on any atom is 0.295 e. The highest BCUT2D eigenvalue weighted by atomic mass is 32.1. The Morgan fingerprint density at radius 1 is 1.07 bits per heavy atom. The van der Waals surface area contributed by atoms with Gasteiger partial charge in [0.25, 0.3) is 5.91 Å². The van der Waals surface area contributed by atoms with E-state index in [1.54, 1.807) is 30.4 Å². The van der Waals surface area contributed by atoms with E-state index in [-0.39, 0.29) is 11.6 Å². The minimum absolute atomic E-state index is 0.0535. The number of halogens is 1. The third-order valence-corrected chi connectivity index (χ3v) is 4.91. The Balaban J connectivity index is 1.62. The molecule has 0 atom stereocenters. The maximum atomic E-state index is 13.1. The molecule has 1 N–H and O–H groups in total. The van der Waals surface area contributed by atoms with Gasteiger partial charge < -0.3 is 5.32 Å². The van der Waals surface area contributed by atoms with Crippen LogP contribution in [0.4, 0.5) is 10.1 Å². The Hall–Kier alpha value is -3.32. The standard InChI is InChI=1S/C20H15FN4OS/c1-13-22-19(24-25(13)15-10-8-14(21)9-11-15)20(26)23-17-6-3-2-5-16(17)18-7-4-12-27-18/h2-12H,1H3,(H,23,26). The molecule has 0 unspecified atom stereocenters. The van der Waals surface area contributed by atoms with Gasteiger partial charge in [-0.1, -0.05) is 24.3 Å². The summed E-state index contributed by atoms with van der Waals surface area (Å²) in [6.07, 6.45) is 0. The van der Waals surface area contributed by atoms with Crippen molar-refractivity contribution in [3.63, 3.8) is 0 Å². The fourth-order valence-electron chi connectivity index (χ4n) is 2.73. The number of hydrogen-bond donors (Lipinski definition) is 1. The third-order valence-electron chi connectivity index (χ3n) is 4.01. The van der Waals surface area contributed by atoms with Crippen LogP contribution in [-0.4, -0.2) is 20.7 Å². The second-order valence-corrected chi connectivity index (χ2v) is 6.80. The van der Waals surface area contributed by atoms with E-state index in [1.807, 2.05) is 41.8 Å². The van der Waals surface area contributed by atoms with Crippen LogP contribution in [0.25, 0.3) is 16.1 Å². The lowest BCUT2D eigenvalue weighted by atomic mass is 10.1. The van der Waals surface area contributed by atoms with Crippen molar-refractivity contribution in [3.8, 4) is 16.1 Å². The lowest BCUT2D eigenvalue weighted by molar-refractivity contribution is 0.101. The summed E-state index contributed by atoms with van der Waals surface area (Å²) in [7, 11) is 0. The van der Waals surface area contributed by atoms with Crippen LogP contribution in [0.2, 0.25) is 0 Å². The summed E-state index contributed by atoms with van der Waals surface area (Å²) in [5.41, 5.74) is 2.27. The van der Waals surface area contributed by atoms with Crippen molar-refractivity contribution in [3.05, 3.63) is 83.5 Å². The molecule has 0 saturated heterocycles. The van der Waals surface area contributed by atoms with E-state index < -0.39 is 5.91 Å². The van der Waals surface area contributed by atoms with Crippen molar-refractivity contribution < 1.29 is 9.18 Å². The average Bonchev–Trinajstić information content (AvgIpc) is 3.33. The lowest BCUT2D eigenvalue weighted by Crippen LogP contribution is -2.14. The second kappa shape index (κ2) is 7.13. The zero-order valence-electron chi connectivity index (χ0n) is 14.4. The molecule has 2 aromatic heterocycles. The Kier molecular flexibility index (Phi) is 4.52. The van der Waals surface area contributed by atoms with Gasteiger partial charge in [-0.15, -0.1) is 16.4 Å². The van der Waals surface area contributed by atoms with E-state index in [0.717, 1.165) is 10.4 Å². The third kappa shape index (κ3) is 3.50. The normalized spacial score (nSPS) is 10.7. The predicted molar refractivity (Wildman–Crippen MR) is 104 cm³/mol. The van der Waals surface area contributed by atoms with Gasteiger partial charge in [0.15, 0.2) is 0 Å². The van der Waals surface area contributed by atoms with Gasteiger partial charge in [-0.2, -0.15) is 0 Å². The number of rotatable bonds is 4. The first-order valence-electron chi connectivity index (χ1n) is 8.26. The number of aromatic nitrogens is 3. The highest BCUT2D eigenvalue weighted by Crippen LogP contribution is 2.31. The van der Waals surface area contributed by atoms with Crippen molar-refractivity contribution in [2.24, 2.45) is 0 Å². The first kappa shape index (κ1) is 17.1. The van der Waals surface area contributed by atoms with Gasteiger partial charge in [-0.3, -0.25) is 4.79 Å². The van der Waals surface area contributed by atoms with Crippen LogP contribution >= 0.6 is 11.3 Å². The number of thiophene rings is 1. The second-order valence-electron chi connectivity index (χ2n) is 5.85. The molecular formula is C20H15FN4OS. The average molecular weight is 378 g/mol. The molecular weight excluding hydrogens is 363 g/mol. The van der Waals surface area contributed by atoms with E-state index in [0.29, 0.717) is 17.2 Å². The Morgan fingerprint density at radius 3 is 2.59 bits per heavy atom. The molecule has 0 saturated carbocycles. The minimum atomic E-state index is -0.400. The number of para-hydroxylation sites is 1. The monoisotopic (exact) mass is 378 g/mol. The van der Waals surface area contributed by atoms with Gasteiger partial charge in [-0.25, -0.2) is 14.1 Å². The van der Waals surface area contributed by atoms with Crippen molar-refractivity contribution in [1.29, 1.82) is 0 Å². The van der Waals surface area contributed by atoms with Crippen molar-refractivity contribution in [1.82, 2.24) is 14.8 Å². The van der Waals surface area contributed by atoms with E-state index in [9.17, 15) is 9.18 Å². The van der Waals surface area contributed by atoms with Gasteiger partial charge in [0, 0.05) is 16.1 Å². The molecule has 7 heteroatoms. The van der Waals surface area contributed by atoms with Crippen molar-refractivity contribution in [2.45, 2.75) is 6.92 Å². The SMILES string of the molecule is Cc1nc(C(=O)Nc2ccccc2-c2cccs2)nn1-c1ccc(F)cc1.